The van der Waals surface area contributed by atoms with E-state index in [1.54, 1.807) is 6.08 Å². The summed E-state index contributed by atoms with van der Waals surface area (Å²) in [4.78, 5) is 14.4. The normalized spacial score (nSPS) is 21.3. The van der Waals surface area contributed by atoms with Crippen LogP contribution in [0.25, 0.3) is 6.08 Å². The molecule has 1 aliphatic heterocycles. The van der Waals surface area contributed by atoms with E-state index in [-0.39, 0.29) is 17.9 Å². The molecule has 0 saturated carbocycles. The van der Waals surface area contributed by atoms with E-state index in [1.807, 2.05) is 71.4 Å². The molecule has 1 fully saturated rings. The Morgan fingerprint density at radius 3 is 2.75 bits per heavy atom. The van der Waals surface area contributed by atoms with Gasteiger partial charge in [0.15, 0.2) is 0 Å². The highest BCUT2D eigenvalue weighted by Gasteiger charge is 2.37. The maximum absolute atomic E-state index is 12.6. The SMILES string of the molecule is Cn1ccc(/C=C/C(=O)N2CCCC(CO)(c3ccccc3)C2)c1. The van der Waals surface area contributed by atoms with Crippen molar-refractivity contribution in [3.63, 3.8) is 0 Å². The van der Waals surface area contributed by atoms with E-state index in [1.165, 1.54) is 0 Å². The molecule has 1 amide bonds. The predicted octanol–water partition coefficient (Wildman–Crippen LogP) is 2.59. The second-order valence-electron chi connectivity index (χ2n) is 6.61. The van der Waals surface area contributed by atoms with Gasteiger partial charge in [-0.05, 0) is 36.1 Å². The van der Waals surface area contributed by atoms with E-state index >= 15 is 0 Å². The van der Waals surface area contributed by atoms with Gasteiger partial charge in [-0.2, -0.15) is 0 Å². The summed E-state index contributed by atoms with van der Waals surface area (Å²) in [5.74, 6) is 0.00677. The lowest BCUT2D eigenvalue weighted by molar-refractivity contribution is -0.128. The van der Waals surface area contributed by atoms with Crippen molar-refractivity contribution in [3.05, 3.63) is 66.0 Å². The van der Waals surface area contributed by atoms with Gasteiger partial charge >= 0.3 is 0 Å². The Morgan fingerprint density at radius 2 is 2.08 bits per heavy atom. The predicted molar refractivity (Wildman–Crippen MR) is 95.5 cm³/mol. The molecule has 2 heterocycles. The second kappa shape index (κ2) is 7.05. The van der Waals surface area contributed by atoms with E-state index < -0.39 is 0 Å². The van der Waals surface area contributed by atoms with Crippen LogP contribution in [0.15, 0.2) is 54.9 Å². The van der Waals surface area contributed by atoms with Crippen LogP contribution in [-0.2, 0) is 17.3 Å². The van der Waals surface area contributed by atoms with Crippen molar-refractivity contribution in [3.8, 4) is 0 Å². The highest BCUT2D eigenvalue weighted by molar-refractivity contribution is 5.91. The first-order valence-electron chi connectivity index (χ1n) is 8.38. The van der Waals surface area contributed by atoms with Crippen molar-refractivity contribution < 1.29 is 9.90 Å². The topological polar surface area (TPSA) is 45.5 Å². The molecule has 1 aromatic heterocycles. The fourth-order valence-electron chi connectivity index (χ4n) is 3.46. The van der Waals surface area contributed by atoms with Gasteiger partial charge in [-0.1, -0.05) is 30.3 Å². The molecule has 24 heavy (non-hydrogen) atoms. The molecule has 4 nitrogen and oxygen atoms in total. The summed E-state index contributed by atoms with van der Waals surface area (Å²) in [7, 11) is 1.96. The fourth-order valence-corrected chi connectivity index (χ4v) is 3.46. The molecule has 1 atom stereocenters. The first kappa shape index (κ1) is 16.5. The van der Waals surface area contributed by atoms with Crippen LogP contribution in [0, 0.1) is 0 Å². The molecular formula is C20H24N2O2. The summed E-state index contributed by atoms with van der Waals surface area (Å²) < 4.78 is 1.96. The van der Waals surface area contributed by atoms with Crippen molar-refractivity contribution in [1.29, 1.82) is 0 Å². The number of likely N-dealkylation sites (tertiary alicyclic amines) is 1. The van der Waals surface area contributed by atoms with E-state index in [4.69, 9.17) is 0 Å². The summed E-state index contributed by atoms with van der Waals surface area (Å²) in [5, 5.41) is 10.0. The van der Waals surface area contributed by atoms with Crippen LogP contribution in [0.1, 0.15) is 24.0 Å². The minimum atomic E-state index is -0.351. The number of hydrogen-bond acceptors (Lipinski definition) is 2. The Kier molecular flexibility index (Phi) is 4.86. The molecule has 1 unspecified atom stereocenters. The largest absolute Gasteiger partial charge is 0.395 e. The Labute approximate surface area is 143 Å². The third-order valence-corrected chi connectivity index (χ3v) is 4.85. The standard InChI is InChI=1S/C20H24N2O2/c1-21-13-10-17(14-21)8-9-19(24)22-12-5-11-20(15-22,16-23)18-6-3-2-4-7-18/h2-4,6-10,13-14,23H,5,11-12,15-16H2,1H3/b9-8+. The molecular weight excluding hydrogens is 300 g/mol. The molecule has 3 rings (SSSR count). The number of aliphatic hydroxyl groups is 1. The van der Waals surface area contributed by atoms with Crippen molar-refractivity contribution >= 4 is 12.0 Å². The molecule has 126 valence electrons. The van der Waals surface area contributed by atoms with E-state index in [0.29, 0.717) is 6.54 Å². The number of hydrogen-bond donors (Lipinski definition) is 1. The van der Waals surface area contributed by atoms with Gasteiger partial charge in [-0.25, -0.2) is 0 Å². The Bertz CT molecular complexity index is 720. The maximum Gasteiger partial charge on any atom is 0.246 e. The van der Waals surface area contributed by atoms with Crippen LogP contribution in [0.3, 0.4) is 0 Å². The lowest BCUT2D eigenvalue weighted by Gasteiger charge is -2.42. The van der Waals surface area contributed by atoms with Gasteiger partial charge < -0.3 is 14.6 Å². The third-order valence-electron chi connectivity index (χ3n) is 4.85. The van der Waals surface area contributed by atoms with Gasteiger partial charge in [0, 0.05) is 44.0 Å². The number of carbonyl (C=O) groups is 1. The maximum atomic E-state index is 12.6. The number of aryl methyl sites for hydroxylation is 1. The summed E-state index contributed by atoms with van der Waals surface area (Å²) in [6.45, 7) is 1.36. The Hall–Kier alpha value is -2.33. The van der Waals surface area contributed by atoms with Crippen molar-refractivity contribution in [2.75, 3.05) is 19.7 Å². The number of aliphatic hydroxyl groups excluding tert-OH is 1. The average Bonchev–Trinajstić information content (AvgIpc) is 3.05. The van der Waals surface area contributed by atoms with E-state index in [0.717, 1.165) is 30.5 Å². The molecule has 0 aliphatic carbocycles. The number of nitrogens with zero attached hydrogens (tertiary/aromatic N) is 2. The summed E-state index contributed by atoms with van der Waals surface area (Å²) in [6.07, 6.45) is 9.22. The highest BCUT2D eigenvalue weighted by Crippen LogP contribution is 2.33. The van der Waals surface area contributed by atoms with Gasteiger partial charge in [-0.15, -0.1) is 0 Å². The lowest BCUT2D eigenvalue weighted by atomic mass is 9.74. The number of rotatable bonds is 4. The fraction of sp³-hybridized carbons (Fsp3) is 0.350. The number of piperidine rings is 1. The second-order valence-corrected chi connectivity index (χ2v) is 6.61. The minimum absolute atomic E-state index is 0.00677. The summed E-state index contributed by atoms with van der Waals surface area (Å²) in [6, 6.07) is 12.0. The molecule has 1 aromatic carbocycles. The smallest absolute Gasteiger partial charge is 0.246 e. The quantitative estimate of drug-likeness (QED) is 0.879. The van der Waals surface area contributed by atoms with Crippen LogP contribution in [0.2, 0.25) is 0 Å². The van der Waals surface area contributed by atoms with Crippen LogP contribution in [-0.4, -0.2) is 40.2 Å². The molecule has 1 saturated heterocycles. The van der Waals surface area contributed by atoms with Crippen LogP contribution >= 0.6 is 0 Å². The minimum Gasteiger partial charge on any atom is -0.395 e. The van der Waals surface area contributed by atoms with Crippen LogP contribution in [0.5, 0.6) is 0 Å². The third kappa shape index (κ3) is 3.44. The molecule has 0 bridgehead atoms. The van der Waals surface area contributed by atoms with Crippen molar-refractivity contribution in [1.82, 2.24) is 9.47 Å². The van der Waals surface area contributed by atoms with Gasteiger partial charge in [0.2, 0.25) is 5.91 Å². The van der Waals surface area contributed by atoms with Crippen molar-refractivity contribution in [2.24, 2.45) is 7.05 Å². The number of carbonyl (C=O) groups excluding carboxylic acids is 1. The van der Waals surface area contributed by atoms with E-state index in [9.17, 15) is 9.90 Å². The number of benzene rings is 1. The summed E-state index contributed by atoms with van der Waals surface area (Å²) in [5.41, 5.74) is 1.77. The monoisotopic (exact) mass is 324 g/mol. The molecule has 1 aliphatic rings. The summed E-state index contributed by atoms with van der Waals surface area (Å²) >= 11 is 0. The van der Waals surface area contributed by atoms with Gasteiger partial charge in [0.25, 0.3) is 0 Å². The first-order valence-corrected chi connectivity index (χ1v) is 8.38. The number of aromatic nitrogens is 1. The zero-order valence-electron chi connectivity index (χ0n) is 14.1. The van der Waals surface area contributed by atoms with Gasteiger partial charge in [0.1, 0.15) is 0 Å². The van der Waals surface area contributed by atoms with Gasteiger partial charge in [0.05, 0.1) is 6.61 Å². The van der Waals surface area contributed by atoms with Crippen LogP contribution < -0.4 is 0 Å². The van der Waals surface area contributed by atoms with E-state index in [2.05, 4.69) is 0 Å². The van der Waals surface area contributed by atoms with Crippen LogP contribution in [0.4, 0.5) is 0 Å². The molecule has 1 N–H and O–H groups in total. The molecule has 4 heteroatoms. The molecule has 2 aromatic rings. The Balaban J connectivity index is 1.74. The lowest BCUT2D eigenvalue weighted by Crippen LogP contribution is -2.50. The number of amides is 1. The average molecular weight is 324 g/mol. The first-order chi connectivity index (χ1) is 11.6. The Morgan fingerprint density at radius 1 is 1.29 bits per heavy atom. The zero-order valence-corrected chi connectivity index (χ0v) is 14.1. The van der Waals surface area contributed by atoms with Crippen molar-refractivity contribution in [2.45, 2.75) is 18.3 Å². The molecule has 0 spiro atoms. The highest BCUT2D eigenvalue weighted by atomic mass is 16.3. The zero-order chi connectivity index (χ0) is 17.0. The molecule has 0 radical (unpaired) electrons. The van der Waals surface area contributed by atoms with Gasteiger partial charge in [-0.3, -0.25) is 4.79 Å².